The van der Waals surface area contributed by atoms with Crippen molar-refractivity contribution in [3.8, 4) is 5.75 Å². The lowest BCUT2D eigenvalue weighted by Gasteiger charge is -2.43. The molecule has 3 rings (SSSR count). The van der Waals surface area contributed by atoms with Crippen molar-refractivity contribution in [2.75, 3.05) is 26.2 Å². The minimum absolute atomic E-state index is 0. The summed E-state index contributed by atoms with van der Waals surface area (Å²) in [5, 5.41) is 3.24. The van der Waals surface area contributed by atoms with Gasteiger partial charge in [-0.15, -0.1) is 38.0 Å². The second-order valence-electron chi connectivity index (χ2n) is 6.15. The molecule has 1 atom stereocenters. The van der Waals surface area contributed by atoms with Gasteiger partial charge in [-0.1, -0.05) is 6.42 Å². The highest BCUT2D eigenvalue weighted by molar-refractivity contribution is 5.85. The highest BCUT2D eigenvalue weighted by atomic mass is 35.5. The molecule has 0 aromatic heterocycles. The number of hydrogen-bond acceptors (Lipinski definition) is 3. The van der Waals surface area contributed by atoms with E-state index in [1.54, 1.807) is 0 Å². The van der Waals surface area contributed by atoms with E-state index in [9.17, 15) is 17.6 Å². The Labute approximate surface area is 156 Å². The molecule has 1 aromatic rings. The highest BCUT2D eigenvalue weighted by Crippen LogP contribution is 2.43. The van der Waals surface area contributed by atoms with Crippen LogP contribution in [0.4, 0.5) is 17.6 Å². The van der Waals surface area contributed by atoms with Crippen LogP contribution >= 0.6 is 24.8 Å². The zero-order valence-electron chi connectivity index (χ0n) is 13.5. The fourth-order valence-corrected chi connectivity index (χ4v) is 3.41. The van der Waals surface area contributed by atoms with E-state index in [0.717, 1.165) is 57.6 Å². The van der Waals surface area contributed by atoms with Crippen LogP contribution in [-0.4, -0.2) is 37.4 Å². The van der Waals surface area contributed by atoms with E-state index in [1.165, 1.54) is 6.07 Å². The van der Waals surface area contributed by atoms with E-state index >= 15 is 0 Å². The summed E-state index contributed by atoms with van der Waals surface area (Å²) in [7, 11) is 0. The summed E-state index contributed by atoms with van der Waals surface area (Å²) >= 11 is 0. The fraction of sp³-hybridized carbons (Fsp3) is 0.625. The van der Waals surface area contributed by atoms with Gasteiger partial charge in [0.2, 0.25) is 0 Å². The number of hydrogen-bond donors (Lipinski definition) is 1. The molecule has 0 spiro atoms. The normalized spacial score (nSPS) is 20.0. The molecule has 0 unspecified atom stereocenters. The molecule has 1 aliphatic heterocycles. The number of nitrogens with zero attached hydrogens (tertiary/aromatic N) is 1. The molecule has 25 heavy (non-hydrogen) atoms. The van der Waals surface area contributed by atoms with Crippen LogP contribution in [0.5, 0.6) is 5.75 Å². The molecule has 9 heteroatoms. The van der Waals surface area contributed by atoms with Crippen LogP contribution in [0.25, 0.3) is 0 Å². The number of piperazine rings is 1. The second-order valence-corrected chi connectivity index (χ2v) is 6.15. The summed E-state index contributed by atoms with van der Waals surface area (Å²) in [4.78, 5) is 2.18. The van der Waals surface area contributed by atoms with E-state index in [1.807, 2.05) is 0 Å². The van der Waals surface area contributed by atoms with Gasteiger partial charge in [-0.3, -0.25) is 4.90 Å². The van der Waals surface area contributed by atoms with Crippen molar-refractivity contribution in [2.45, 2.75) is 31.7 Å². The van der Waals surface area contributed by atoms with Crippen molar-refractivity contribution >= 4 is 24.8 Å². The summed E-state index contributed by atoms with van der Waals surface area (Å²) in [5.74, 6) is -0.521. The van der Waals surface area contributed by atoms with Gasteiger partial charge >= 0.3 is 6.36 Å². The molecular weight excluding hydrogens is 383 g/mol. The van der Waals surface area contributed by atoms with Crippen LogP contribution in [0.1, 0.15) is 30.9 Å². The Balaban J connectivity index is 0.00000156. The first-order chi connectivity index (χ1) is 10.9. The van der Waals surface area contributed by atoms with Crippen molar-refractivity contribution in [3.05, 3.63) is 29.6 Å². The Morgan fingerprint density at radius 3 is 2.28 bits per heavy atom. The summed E-state index contributed by atoms with van der Waals surface area (Å²) < 4.78 is 55.6. The third-order valence-corrected chi connectivity index (χ3v) is 4.66. The predicted molar refractivity (Wildman–Crippen MR) is 92.1 cm³/mol. The zero-order chi connectivity index (χ0) is 16.4. The van der Waals surface area contributed by atoms with Crippen LogP contribution in [0.2, 0.25) is 0 Å². The Hall–Kier alpha value is -0.760. The lowest BCUT2D eigenvalue weighted by atomic mass is 9.76. The molecule has 1 aromatic carbocycles. The van der Waals surface area contributed by atoms with Crippen molar-refractivity contribution in [1.29, 1.82) is 0 Å². The van der Waals surface area contributed by atoms with E-state index in [2.05, 4.69) is 15.0 Å². The molecular formula is C16H22Cl2F4N2O. The Morgan fingerprint density at radius 1 is 1.12 bits per heavy atom. The van der Waals surface area contributed by atoms with Crippen LogP contribution in [-0.2, 0) is 0 Å². The molecule has 1 N–H and O–H groups in total. The van der Waals surface area contributed by atoms with E-state index in [0.29, 0.717) is 11.5 Å². The molecule has 2 fully saturated rings. The molecule has 2 aliphatic rings. The topological polar surface area (TPSA) is 24.5 Å². The maximum absolute atomic E-state index is 14.3. The van der Waals surface area contributed by atoms with Crippen LogP contribution in [0.3, 0.4) is 0 Å². The number of benzene rings is 1. The van der Waals surface area contributed by atoms with Gasteiger partial charge in [-0.25, -0.2) is 4.39 Å². The Morgan fingerprint density at radius 2 is 1.76 bits per heavy atom. The quantitative estimate of drug-likeness (QED) is 0.756. The minimum Gasteiger partial charge on any atom is -0.406 e. The van der Waals surface area contributed by atoms with E-state index < -0.39 is 12.2 Å². The average molecular weight is 405 g/mol. The number of ether oxygens (including phenoxy) is 1. The van der Waals surface area contributed by atoms with Crippen LogP contribution in [0.15, 0.2) is 18.2 Å². The molecule has 0 radical (unpaired) electrons. The SMILES string of the molecule is Cl.Cl.Fc1ccc(OC(F)(F)F)cc1[C@H](C1CCC1)N1CCNCC1. The van der Waals surface area contributed by atoms with Crippen molar-refractivity contribution < 1.29 is 22.3 Å². The van der Waals surface area contributed by atoms with Crippen LogP contribution < -0.4 is 10.1 Å². The predicted octanol–water partition coefficient (Wildman–Crippen LogP) is 4.31. The van der Waals surface area contributed by atoms with Gasteiger partial charge in [0, 0.05) is 37.8 Å². The molecule has 3 nitrogen and oxygen atoms in total. The largest absolute Gasteiger partial charge is 0.573 e. The molecule has 1 saturated heterocycles. The monoisotopic (exact) mass is 404 g/mol. The van der Waals surface area contributed by atoms with Gasteiger partial charge in [0.1, 0.15) is 11.6 Å². The number of rotatable bonds is 4. The van der Waals surface area contributed by atoms with Crippen molar-refractivity contribution in [3.63, 3.8) is 0 Å². The van der Waals surface area contributed by atoms with Gasteiger partial charge in [0.25, 0.3) is 0 Å². The van der Waals surface area contributed by atoms with Crippen LogP contribution in [0, 0.1) is 11.7 Å². The maximum atomic E-state index is 14.3. The van der Waals surface area contributed by atoms with Gasteiger partial charge in [0.15, 0.2) is 0 Å². The lowest BCUT2D eigenvalue weighted by molar-refractivity contribution is -0.274. The zero-order valence-corrected chi connectivity index (χ0v) is 15.2. The number of alkyl halides is 3. The number of halogens is 6. The smallest absolute Gasteiger partial charge is 0.406 e. The summed E-state index contributed by atoms with van der Waals surface area (Å²) in [5.41, 5.74) is 0.318. The molecule has 144 valence electrons. The van der Waals surface area contributed by atoms with E-state index in [4.69, 9.17) is 0 Å². The first kappa shape index (κ1) is 22.3. The third-order valence-electron chi connectivity index (χ3n) is 4.66. The standard InChI is InChI=1S/C16H20F4N2O.2ClH/c17-14-5-4-12(23-16(18,19)20)10-13(14)15(11-2-1-3-11)22-8-6-21-7-9-22;;/h4-5,10-11,15,21H,1-3,6-9H2;2*1H/t15-;;/m0../s1. The highest BCUT2D eigenvalue weighted by Gasteiger charge is 2.36. The molecule has 1 heterocycles. The van der Waals surface area contributed by atoms with Crippen molar-refractivity contribution in [1.82, 2.24) is 10.2 Å². The second kappa shape index (κ2) is 9.26. The van der Waals surface area contributed by atoms with Gasteiger partial charge in [0.05, 0.1) is 0 Å². The van der Waals surface area contributed by atoms with Gasteiger partial charge in [-0.2, -0.15) is 0 Å². The Kier molecular flexibility index (Phi) is 8.25. The van der Waals surface area contributed by atoms with Gasteiger partial charge in [-0.05, 0) is 37.0 Å². The third kappa shape index (κ3) is 5.61. The fourth-order valence-electron chi connectivity index (χ4n) is 3.41. The summed E-state index contributed by atoms with van der Waals surface area (Å²) in [6.07, 6.45) is -1.71. The average Bonchev–Trinajstić information content (AvgIpc) is 2.44. The van der Waals surface area contributed by atoms with Gasteiger partial charge < -0.3 is 10.1 Å². The maximum Gasteiger partial charge on any atom is 0.573 e. The molecule has 0 bridgehead atoms. The molecule has 1 aliphatic carbocycles. The minimum atomic E-state index is -4.77. The number of nitrogens with one attached hydrogen (secondary N) is 1. The molecule has 0 amide bonds. The first-order valence-electron chi connectivity index (χ1n) is 7.94. The summed E-state index contributed by atoms with van der Waals surface area (Å²) in [6.45, 7) is 3.16. The molecule has 1 saturated carbocycles. The Bertz CT molecular complexity index is 549. The first-order valence-corrected chi connectivity index (χ1v) is 7.94. The van der Waals surface area contributed by atoms with E-state index in [-0.39, 0.29) is 36.6 Å². The summed E-state index contributed by atoms with van der Waals surface area (Å²) in [6, 6.07) is 3.14. The lowest BCUT2D eigenvalue weighted by Crippen LogP contribution is -2.48. The van der Waals surface area contributed by atoms with Crippen molar-refractivity contribution in [2.24, 2.45) is 5.92 Å².